The van der Waals surface area contributed by atoms with E-state index in [9.17, 15) is 4.79 Å². The number of benzene rings is 2. The van der Waals surface area contributed by atoms with Crippen molar-refractivity contribution >= 4 is 29.0 Å². The lowest BCUT2D eigenvalue weighted by atomic mass is 10.1. The summed E-state index contributed by atoms with van der Waals surface area (Å²) in [7, 11) is 3.35. The topological polar surface area (TPSA) is 60.0 Å². The maximum Gasteiger partial charge on any atom is 0.202 e. The summed E-state index contributed by atoms with van der Waals surface area (Å²) in [6, 6.07) is 12.2. The first-order chi connectivity index (χ1) is 12.4. The Morgan fingerprint density at radius 2 is 1.81 bits per heavy atom. The van der Waals surface area contributed by atoms with Gasteiger partial charge < -0.3 is 13.9 Å². The summed E-state index contributed by atoms with van der Waals surface area (Å²) in [5.41, 5.74) is 2.38. The zero-order valence-corrected chi connectivity index (χ0v) is 15.8. The third kappa shape index (κ3) is 3.54. The molecule has 0 saturated heterocycles. The predicted molar refractivity (Wildman–Crippen MR) is 102 cm³/mol. The molecular formula is C19H17Cl2N3O2. The summed E-state index contributed by atoms with van der Waals surface area (Å²) >= 11 is 12.1. The summed E-state index contributed by atoms with van der Waals surface area (Å²) in [6.07, 6.45) is 1.77. The molecule has 5 nitrogen and oxygen atoms in total. The average Bonchev–Trinajstić information content (AvgIpc) is 2.92. The Hall–Kier alpha value is -2.50. The summed E-state index contributed by atoms with van der Waals surface area (Å²) in [6.45, 7) is 0.0698. The molecule has 1 N–H and O–H groups in total. The molecule has 0 saturated carbocycles. The summed E-state index contributed by atoms with van der Waals surface area (Å²) in [5, 5.41) is 9.19. The van der Waals surface area contributed by atoms with Gasteiger partial charge in [-0.1, -0.05) is 29.3 Å². The lowest BCUT2D eigenvalue weighted by molar-refractivity contribution is 0.0970. The Labute approximate surface area is 160 Å². The summed E-state index contributed by atoms with van der Waals surface area (Å²) in [5.74, 6) is 0.606. The standard InChI is InChI=1S/C19H17Cl2N3O2/c1-23-17(13-5-8-15(20)16(21)9-13)10-24(19(23)22)11-18(25)12-3-6-14(26-2)7-4-12/h3-10,22H,11H2,1-2H3. The minimum absolute atomic E-state index is 0.0698. The number of carbonyl (C=O) groups excluding carboxylic acids is 1. The van der Waals surface area contributed by atoms with Gasteiger partial charge >= 0.3 is 0 Å². The fourth-order valence-electron chi connectivity index (χ4n) is 2.67. The van der Waals surface area contributed by atoms with E-state index in [1.165, 1.54) is 0 Å². The third-order valence-electron chi connectivity index (χ3n) is 4.17. The van der Waals surface area contributed by atoms with Crippen molar-refractivity contribution in [2.75, 3.05) is 7.11 Å². The number of nitrogens with one attached hydrogen (secondary N) is 1. The van der Waals surface area contributed by atoms with Crippen LogP contribution in [0, 0.1) is 5.41 Å². The van der Waals surface area contributed by atoms with Crippen molar-refractivity contribution in [1.82, 2.24) is 9.13 Å². The Kier molecular flexibility index (Phi) is 5.20. The van der Waals surface area contributed by atoms with Gasteiger partial charge in [0.15, 0.2) is 5.78 Å². The largest absolute Gasteiger partial charge is 0.497 e. The second kappa shape index (κ2) is 7.40. The number of carbonyl (C=O) groups is 1. The minimum atomic E-state index is -0.0857. The van der Waals surface area contributed by atoms with Crippen LogP contribution in [-0.4, -0.2) is 22.0 Å². The van der Waals surface area contributed by atoms with Gasteiger partial charge in [0.05, 0.1) is 29.4 Å². The molecule has 0 spiro atoms. The second-order valence-corrected chi connectivity index (χ2v) is 6.62. The van der Waals surface area contributed by atoms with E-state index >= 15 is 0 Å². The molecule has 26 heavy (non-hydrogen) atoms. The Bertz CT molecular complexity index is 1020. The maximum absolute atomic E-state index is 12.5. The molecule has 1 aromatic heterocycles. The number of halogens is 2. The van der Waals surface area contributed by atoms with Crippen LogP contribution in [0.3, 0.4) is 0 Å². The molecule has 0 aliphatic carbocycles. The van der Waals surface area contributed by atoms with Crippen LogP contribution in [0.15, 0.2) is 48.7 Å². The molecule has 134 valence electrons. The van der Waals surface area contributed by atoms with Crippen LogP contribution in [0.4, 0.5) is 0 Å². The monoisotopic (exact) mass is 389 g/mol. The predicted octanol–water partition coefficient (Wildman–Crippen LogP) is 4.17. The van der Waals surface area contributed by atoms with E-state index in [1.54, 1.807) is 65.9 Å². The van der Waals surface area contributed by atoms with Gasteiger partial charge in [-0.05, 0) is 36.4 Å². The first kappa shape index (κ1) is 18.3. The van der Waals surface area contributed by atoms with Gasteiger partial charge in [0.1, 0.15) is 5.75 Å². The summed E-state index contributed by atoms with van der Waals surface area (Å²) in [4.78, 5) is 12.5. The van der Waals surface area contributed by atoms with E-state index in [2.05, 4.69) is 0 Å². The molecule has 0 bridgehead atoms. The Morgan fingerprint density at radius 1 is 1.12 bits per heavy atom. The van der Waals surface area contributed by atoms with Gasteiger partial charge in [-0.25, -0.2) is 0 Å². The molecule has 2 aromatic carbocycles. The molecule has 0 unspecified atom stereocenters. The van der Waals surface area contributed by atoms with Crippen LogP contribution in [0.25, 0.3) is 11.3 Å². The Morgan fingerprint density at radius 3 is 2.42 bits per heavy atom. The van der Waals surface area contributed by atoms with Crippen molar-refractivity contribution in [1.29, 1.82) is 5.41 Å². The molecule has 3 aromatic rings. The number of imidazole rings is 1. The highest BCUT2D eigenvalue weighted by Crippen LogP contribution is 2.28. The van der Waals surface area contributed by atoms with E-state index in [4.69, 9.17) is 33.3 Å². The smallest absolute Gasteiger partial charge is 0.202 e. The van der Waals surface area contributed by atoms with Crippen LogP contribution < -0.4 is 10.4 Å². The second-order valence-electron chi connectivity index (χ2n) is 5.81. The number of methoxy groups -OCH3 is 1. The van der Waals surface area contributed by atoms with Gasteiger partial charge in [-0.15, -0.1) is 0 Å². The highest BCUT2D eigenvalue weighted by molar-refractivity contribution is 6.42. The fraction of sp³-hybridized carbons (Fsp3) is 0.158. The van der Waals surface area contributed by atoms with E-state index in [0.717, 1.165) is 11.3 Å². The van der Waals surface area contributed by atoms with Crippen molar-refractivity contribution in [2.45, 2.75) is 6.54 Å². The zero-order chi connectivity index (χ0) is 18.8. The van der Waals surface area contributed by atoms with E-state index < -0.39 is 0 Å². The SMILES string of the molecule is COc1ccc(C(=O)Cn2cc(-c3ccc(Cl)c(Cl)c3)n(C)c2=N)cc1. The summed E-state index contributed by atoms with van der Waals surface area (Å²) < 4.78 is 8.40. The number of aromatic nitrogens is 2. The highest BCUT2D eigenvalue weighted by atomic mass is 35.5. The van der Waals surface area contributed by atoms with Gasteiger partial charge in [-0.3, -0.25) is 10.2 Å². The van der Waals surface area contributed by atoms with Gasteiger partial charge in [0.2, 0.25) is 5.62 Å². The lowest BCUT2D eigenvalue weighted by Crippen LogP contribution is -2.25. The first-order valence-electron chi connectivity index (χ1n) is 7.84. The molecule has 0 amide bonds. The maximum atomic E-state index is 12.5. The third-order valence-corrected chi connectivity index (χ3v) is 4.91. The van der Waals surface area contributed by atoms with Crippen molar-refractivity contribution in [2.24, 2.45) is 7.05 Å². The number of Topliss-reactive ketones (excluding diaryl/α,β-unsaturated/α-hetero) is 1. The van der Waals surface area contributed by atoms with Crippen molar-refractivity contribution in [3.63, 3.8) is 0 Å². The number of ether oxygens (including phenoxy) is 1. The molecule has 0 radical (unpaired) electrons. The van der Waals surface area contributed by atoms with Crippen LogP contribution in [0.5, 0.6) is 5.75 Å². The molecule has 0 atom stereocenters. The van der Waals surface area contributed by atoms with Gasteiger partial charge in [0.25, 0.3) is 0 Å². The molecular weight excluding hydrogens is 373 g/mol. The van der Waals surface area contributed by atoms with Crippen molar-refractivity contribution in [3.8, 4) is 17.0 Å². The normalized spacial score (nSPS) is 10.8. The number of hydrogen-bond acceptors (Lipinski definition) is 3. The molecule has 0 fully saturated rings. The van der Waals surface area contributed by atoms with Crippen LogP contribution in [-0.2, 0) is 13.6 Å². The van der Waals surface area contributed by atoms with Crippen LogP contribution >= 0.6 is 23.2 Å². The fourth-order valence-corrected chi connectivity index (χ4v) is 2.97. The van der Waals surface area contributed by atoms with E-state index in [-0.39, 0.29) is 17.9 Å². The van der Waals surface area contributed by atoms with E-state index in [1.807, 2.05) is 6.07 Å². The molecule has 3 rings (SSSR count). The molecule has 1 heterocycles. The Balaban J connectivity index is 1.90. The van der Waals surface area contributed by atoms with Crippen LogP contribution in [0.2, 0.25) is 10.0 Å². The molecule has 0 aliphatic rings. The average molecular weight is 390 g/mol. The number of rotatable bonds is 5. The number of hydrogen-bond donors (Lipinski definition) is 1. The van der Waals surface area contributed by atoms with Gasteiger partial charge in [-0.2, -0.15) is 0 Å². The zero-order valence-electron chi connectivity index (χ0n) is 14.3. The van der Waals surface area contributed by atoms with Gasteiger partial charge in [0, 0.05) is 24.4 Å². The number of ketones is 1. The minimum Gasteiger partial charge on any atom is -0.497 e. The number of nitrogens with zero attached hydrogens (tertiary/aromatic N) is 2. The van der Waals surface area contributed by atoms with E-state index in [0.29, 0.717) is 21.4 Å². The quantitative estimate of drug-likeness (QED) is 0.665. The molecule has 7 heteroatoms. The first-order valence-corrected chi connectivity index (χ1v) is 8.59. The molecule has 0 aliphatic heterocycles. The van der Waals surface area contributed by atoms with Crippen molar-refractivity contribution in [3.05, 3.63) is 69.9 Å². The van der Waals surface area contributed by atoms with Crippen LogP contribution in [0.1, 0.15) is 10.4 Å². The lowest BCUT2D eigenvalue weighted by Gasteiger charge is -2.04. The van der Waals surface area contributed by atoms with Crippen molar-refractivity contribution < 1.29 is 9.53 Å². The highest BCUT2D eigenvalue weighted by Gasteiger charge is 2.13.